The predicted molar refractivity (Wildman–Crippen MR) is 86.3 cm³/mol. The second-order valence-corrected chi connectivity index (χ2v) is 6.36. The van der Waals surface area contributed by atoms with Gasteiger partial charge < -0.3 is 10.0 Å². The third-order valence-corrected chi connectivity index (χ3v) is 5.00. The Labute approximate surface area is 139 Å². The number of amides is 1. The molecule has 2 saturated heterocycles. The summed E-state index contributed by atoms with van der Waals surface area (Å²) in [6.45, 7) is 0. The molecule has 0 bridgehead atoms. The first-order valence-corrected chi connectivity index (χ1v) is 7.88. The number of phenolic OH excluding ortho intramolecular Hbond substituents is 1. The van der Waals surface area contributed by atoms with E-state index < -0.39 is 0 Å². The number of benzene rings is 2. The van der Waals surface area contributed by atoms with Crippen molar-refractivity contribution in [3.8, 4) is 5.75 Å². The molecule has 6 heteroatoms. The van der Waals surface area contributed by atoms with E-state index in [2.05, 4.69) is 10.9 Å². The lowest BCUT2D eigenvalue weighted by Crippen LogP contribution is -2.39. The van der Waals surface area contributed by atoms with Crippen LogP contribution >= 0.6 is 0 Å². The molecule has 0 aromatic heterocycles. The number of nitrogens with one attached hydrogen (secondary N) is 2. The molecule has 2 heterocycles. The molecule has 4 atom stereocenters. The number of likely N-dealkylation sites (N-methyl/N-ethyl adjacent to an activating group) is 1. The smallest absolute Gasteiger partial charge is 0.241 e. The van der Waals surface area contributed by atoms with Crippen molar-refractivity contribution in [1.29, 1.82) is 0 Å². The van der Waals surface area contributed by atoms with Crippen LogP contribution in [0.5, 0.6) is 5.75 Å². The first kappa shape index (κ1) is 15.1. The summed E-state index contributed by atoms with van der Waals surface area (Å²) in [6, 6.07) is 12.7. The predicted octanol–water partition coefficient (Wildman–Crippen LogP) is 1.88. The van der Waals surface area contributed by atoms with Crippen LogP contribution in [0.3, 0.4) is 0 Å². The number of nitrogens with zero attached hydrogens (tertiary/aromatic N) is 1. The van der Waals surface area contributed by atoms with E-state index in [0.29, 0.717) is 0 Å². The van der Waals surface area contributed by atoms with E-state index >= 15 is 0 Å². The van der Waals surface area contributed by atoms with Gasteiger partial charge in [0.25, 0.3) is 0 Å². The molecule has 4 rings (SSSR count). The largest absolute Gasteiger partial charge is 0.508 e. The first-order valence-electron chi connectivity index (χ1n) is 7.88. The molecule has 0 spiro atoms. The summed E-state index contributed by atoms with van der Waals surface area (Å²) in [5.74, 6) is -0.167. The van der Waals surface area contributed by atoms with Gasteiger partial charge in [-0.25, -0.2) is 15.2 Å². The Balaban J connectivity index is 1.75. The zero-order chi connectivity index (χ0) is 16.8. The van der Waals surface area contributed by atoms with E-state index in [-0.39, 0.29) is 41.5 Å². The SMILES string of the molecule is CN1C(=O)C2NNC(c3ccc(F)cc3)C2C1c1cccc(O)c1. The van der Waals surface area contributed by atoms with Gasteiger partial charge in [0.15, 0.2) is 0 Å². The monoisotopic (exact) mass is 327 g/mol. The van der Waals surface area contributed by atoms with Gasteiger partial charge in [0.1, 0.15) is 17.6 Å². The summed E-state index contributed by atoms with van der Waals surface area (Å²) in [4.78, 5) is 14.3. The maximum atomic E-state index is 13.2. The van der Waals surface area contributed by atoms with Crippen LogP contribution in [-0.4, -0.2) is 29.0 Å². The molecule has 2 aliphatic heterocycles. The average molecular weight is 327 g/mol. The van der Waals surface area contributed by atoms with E-state index in [1.54, 1.807) is 42.3 Å². The Morgan fingerprint density at radius 1 is 1.04 bits per heavy atom. The Morgan fingerprint density at radius 2 is 1.75 bits per heavy atom. The van der Waals surface area contributed by atoms with E-state index in [0.717, 1.165) is 11.1 Å². The van der Waals surface area contributed by atoms with Gasteiger partial charge in [0, 0.05) is 13.0 Å². The quantitative estimate of drug-likeness (QED) is 0.788. The fourth-order valence-electron chi connectivity index (χ4n) is 3.90. The summed E-state index contributed by atoms with van der Waals surface area (Å²) in [6.07, 6.45) is 0. The number of phenols is 1. The van der Waals surface area contributed by atoms with Gasteiger partial charge in [0.2, 0.25) is 5.91 Å². The minimum Gasteiger partial charge on any atom is -0.508 e. The number of hydrogen-bond donors (Lipinski definition) is 3. The van der Waals surface area contributed by atoms with Gasteiger partial charge >= 0.3 is 0 Å². The maximum absolute atomic E-state index is 13.2. The van der Waals surface area contributed by atoms with Crippen molar-refractivity contribution in [1.82, 2.24) is 15.8 Å². The van der Waals surface area contributed by atoms with Gasteiger partial charge in [-0.05, 0) is 35.4 Å². The molecular formula is C18H18FN3O2. The highest BCUT2D eigenvalue weighted by molar-refractivity contribution is 5.86. The Morgan fingerprint density at radius 3 is 2.46 bits per heavy atom. The summed E-state index contributed by atoms with van der Waals surface area (Å²) in [5, 5.41) is 9.80. The zero-order valence-electron chi connectivity index (χ0n) is 13.1. The molecule has 1 amide bonds. The third kappa shape index (κ3) is 2.26. The topological polar surface area (TPSA) is 64.6 Å². The highest BCUT2D eigenvalue weighted by Gasteiger charge is 2.54. The van der Waals surface area contributed by atoms with Crippen molar-refractivity contribution in [2.75, 3.05) is 7.05 Å². The minimum atomic E-state index is -0.350. The van der Waals surface area contributed by atoms with Crippen LogP contribution in [0.4, 0.5) is 4.39 Å². The molecule has 3 N–H and O–H groups in total. The Kier molecular flexibility index (Phi) is 3.51. The number of rotatable bonds is 2. The fraction of sp³-hybridized carbons (Fsp3) is 0.278. The van der Waals surface area contributed by atoms with E-state index in [1.807, 2.05) is 6.07 Å². The standard InChI is InChI=1S/C18H18FN3O2/c1-22-17(11-3-2-4-13(23)9-11)14-15(20-21-16(14)18(22)24)10-5-7-12(19)8-6-10/h2-9,14-17,20-21,23H,1H3. The number of carbonyl (C=O) groups is 1. The summed E-state index contributed by atoms with van der Waals surface area (Å²) < 4.78 is 13.2. The lowest BCUT2D eigenvalue weighted by atomic mass is 9.83. The molecule has 124 valence electrons. The third-order valence-electron chi connectivity index (χ3n) is 5.00. The van der Waals surface area contributed by atoms with E-state index in [1.165, 1.54) is 12.1 Å². The molecule has 2 aromatic carbocycles. The minimum absolute atomic E-state index is 0.00505. The lowest BCUT2D eigenvalue weighted by molar-refractivity contribution is -0.129. The second kappa shape index (κ2) is 5.58. The normalized spacial score (nSPS) is 29.1. The van der Waals surface area contributed by atoms with Crippen LogP contribution in [0.2, 0.25) is 0 Å². The number of fused-ring (bicyclic) bond motifs is 1. The van der Waals surface area contributed by atoms with Gasteiger partial charge in [-0.2, -0.15) is 0 Å². The average Bonchev–Trinajstić information content (AvgIpc) is 3.09. The number of likely N-dealkylation sites (tertiary alicyclic amines) is 1. The molecule has 5 nitrogen and oxygen atoms in total. The number of aromatic hydroxyl groups is 1. The Bertz CT molecular complexity index is 780. The van der Waals surface area contributed by atoms with E-state index in [9.17, 15) is 14.3 Å². The van der Waals surface area contributed by atoms with Crippen LogP contribution in [-0.2, 0) is 4.79 Å². The summed E-state index contributed by atoms with van der Waals surface area (Å²) in [5.41, 5.74) is 8.06. The van der Waals surface area contributed by atoms with Crippen molar-refractivity contribution >= 4 is 5.91 Å². The molecule has 0 saturated carbocycles. The van der Waals surface area contributed by atoms with Crippen LogP contribution in [0, 0.1) is 11.7 Å². The van der Waals surface area contributed by atoms with Crippen molar-refractivity contribution < 1.29 is 14.3 Å². The molecule has 4 unspecified atom stereocenters. The van der Waals surface area contributed by atoms with Crippen LogP contribution in [0.1, 0.15) is 23.2 Å². The molecule has 0 radical (unpaired) electrons. The second-order valence-electron chi connectivity index (χ2n) is 6.36. The molecule has 24 heavy (non-hydrogen) atoms. The van der Waals surface area contributed by atoms with Crippen LogP contribution in [0.15, 0.2) is 48.5 Å². The van der Waals surface area contributed by atoms with Gasteiger partial charge in [-0.15, -0.1) is 0 Å². The number of hydrogen-bond acceptors (Lipinski definition) is 4. The summed E-state index contributed by atoms with van der Waals surface area (Å²) in [7, 11) is 1.78. The van der Waals surface area contributed by atoms with Crippen LogP contribution < -0.4 is 10.9 Å². The summed E-state index contributed by atoms with van der Waals surface area (Å²) >= 11 is 0. The highest BCUT2D eigenvalue weighted by atomic mass is 19.1. The van der Waals surface area contributed by atoms with Gasteiger partial charge in [-0.3, -0.25) is 4.79 Å². The molecular weight excluding hydrogens is 309 g/mol. The molecule has 0 aliphatic carbocycles. The lowest BCUT2D eigenvalue weighted by Gasteiger charge is -2.28. The van der Waals surface area contributed by atoms with Crippen LogP contribution in [0.25, 0.3) is 0 Å². The number of hydrazine groups is 1. The van der Waals surface area contributed by atoms with Gasteiger partial charge in [0.05, 0.1) is 12.1 Å². The zero-order valence-corrected chi connectivity index (χ0v) is 13.1. The first-order chi connectivity index (χ1) is 11.6. The molecule has 2 aromatic rings. The van der Waals surface area contributed by atoms with E-state index in [4.69, 9.17) is 0 Å². The molecule has 2 aliphatic rings. The van der Waals surface area contributed by atoms with Crippen molar-refractivity contribution in [2.24, 2.45) is 5.92 Å². The maximum Gasteiger partial charge on any atom is 0.241 e. The van der Waals surface area contributed by atoms with Crippen molar-refractivity contribution in [3.05, 3.63) is 65.5 Å². The molecule has 2 fully saturated rings. The fourth-order valence-corrected chi connectivity index (χ4v) is 3.90. The number of halogens is 1. The van der Waals surface area contributed by atoms with Gasteiger partial charge in [-0.1, -0.05) is 24.3 Å². The Hall–Kier alpha value is -2.44. The number of carbonyl (C=O) groups excluding carboxylic acids is 1. The highest BCUT2D eigenvalue weighted by Crippen LogP contribution is 2.46. The van der Waals surface area contributed by atoms with Crippen molar-refractivity contribution in [3.63, 3.8) is 0 Å². The van der Waals surface area contributed by atoms with Crippen molar-refractivity contribution in [2.45, 2.75) is 18.1 Å².